The van der Waals surface area contributed by atoms with Gasteiger partial charge in [-0.05, 0) is 35.9 Å². The highest BCUT2D eigenvalue weighted by atomic mass is 19.3. The van der Waals surface area contributed by atoms with Crippen molar-refractivity contribution in [2.75, 3.05) is 24.7 Å². The van der Waals surface area contributed by atoms with Crippen LogP contribution >= 0.6 is 0 Å². The molecule has 4 aromatic rings. The highest BCUT2D eigenvalue weighted by Gasteiger charge is 2.24. The molecule has 14 heteroatoms. The summed E-state index contributed by atoms with van der Waals surface area (Å²) in [5, 5.41) is 12.6. The number of hydrogen-bond acceptors (Lipinski definition) is 7. The summed E-state index contributed by atoms with van der Waals surface area (Å²) in [6.07, 6.45) is -1.59. The van der Waals surface area contributed by atoms with Crippen LogP contribution in [-0.2, 0) is 4.79 Å². The zero-order chi connectivity index (χ0) is 27.6. The van der Waals surface area contributed by atoms with Crippen LogP contribution in [0.3, 0.4) is 0 Å². The largest absolute Gasteiger partial charge is 0.496 e. The lowest BCUT2D eigenvalue weighted by molar-refractivity contribution is -0.114. The molecule has 0 radical (unpaired) electrons. The lowest BCUT2D eigenvalue weighted by Crippen LogP contribution is -2.28. The van der Waals surface area contributed by atoms with Crippen molar-refractivity contribution in [2.24, 2.45) is 0 Å². The Morgan fingerprint density at radius 2 is 1.97 bits per heavy atom. The minimum Gasteiger partial charge on any atom is -0.496 e. The number of rotatable bonds is 8. The number of methoxy groups -OCH3 is 1. The van der Waals surface area contributed by atoms with Gasteiger partial charge in [0.1, 0.15) is 29.1 Å². The number of anilines is 2. The fourth-order valence-corrected chi connectivity index (χ4v) is 3.66. The summed E-state index contributed by atoms with van der Waals surface area (Å²) in [5.41, 5.74) is 6.93. The van der Waals surface area contributed by atoms with Gasteiger partial charge in [-0.1, -0.05) is 12.6 Å². The third-order valence-electron chi connectivity index (χ3n) is 5.35. The number of nitrogen functional groups attached to an aromatic ring is 1. The molecule has 38 heavy (non-hydrogen) atoms. The monoisotopic (exact) mass is 529 g/mol. The van der Waals surface area contributed by atoms with Gasteiger partial charge in [0, 0.05) is 16.8 Å². The normalized spacial score (nSPS) is 11.0. The van der Waals surface area contributed by atoms with E-state index < -0.39 is 36.4 Å². The fraction of sp³-hybridized carbons (Fsp3) is 0.125. The topological polar surface area (TPSA) is 137 Å². The molecule has 2 amide bonds. The summed E-state index contributed by atoms with van der Waals surface area (Å²) < 4.78 is 59.8. The number of benzene rings is 2. The molecule has 0 aliphatic carbocycles. The third-order valence-corrected chi connectivity index (χ3v) is 5.35. The molecule has 2 heterocycles. The summed E-state index contributed by atoms with van der Waals surface area (Å²) in [5.74, 6) is -3.92. The Labute approximate surface area is 212 Å². The number of amides is 2. The highest BCUT2D eigenvalue weighted by Crippen LogP contribution is 2.39. The second-order valence-electron chi connectivity index (χ2n) is 7.78. The quantitative estimate of drug-likeness (QED) is 0.234. The fourth-order valence-electron chi connectivity index (χ4n) is 3.66. The molecule has 0 atom stereocenters. The van der Waals surface area contributed by atoms with Crippen molar-refractivity contribution in [3.8, 4) is 28.1 Å². The molecule has 0 unspecified atom stereocenters. The number of hydrogen-bond donors (Lipinski definition) is 3. The minimum absolute atomic E-state index is 0.0113. The number of nitrogens with two attached hydrogens (primary N) is 1. The first kappa shape index (κ1) is 26.1. The van der Waals surface area contributed by atoms with E-state index in [0.29, 0.717) is 5.56 Å². The Morgan fingerprint density at radius 3 is 2.63 bits per heavy atom. The van der Waals surface area contributed by atoms with Crippen LogP contribution < -0.4 is 21.1 Å². The van der Waals surface area contributed by atoms with Gasteiger partial charge in [-0.2, -0.15) is 0 Å². The maximum atomic E-state index is 15.3. The lowest BCUT2D eigenvalue weighted by Gasteiger charge is -2.12. The number of nitrogens with one attached hydrogen (secondary N) is 2. The average molecular weight is 529 g/mol. The number of aromatic nitrogens is 4. The van der Waals surface area contributed by atoms with Gasteiger partial charge in [0.25, 0.3) is 18.2 Å². The Bertz CT molecular complexity index is 1570. The van der Waals surface area contributed by atoms with E-state index in [-0.39, 0.29) is 45.2 Å². The number of nitrogens with zero attached hydrogens (tertiary/aromatic N) is 4. The Kier molecular flexibility index (Phi) is 7.23. The molecule has 0 fully saturated rings. The van der Waals surface area contributed by atoms with Crippen LogP contribution in [0.4, 0.5) is 29.1 Å². The number of fused-ring (bicyclic) bond motifs is 1. The predicted octanol–water partition coefficient (Wildman–Crippen LogP) is 3.60. The van der Waals surface area contributed by atoms with Crippen LogP contribution in [0, 0.1) is 5.82 Å². The summed E-state index contributed by atoms with van der Waals surface area (Å²) in [4.78, 5) is 27.9. The predicted molar refractivity (Wildman–Crippen MR) is 130 cm³/mol. The van der Waals surface area contributed by atoms with Gasteiger partial charge < -0.3 is 21.1 Å². The zero-order valence-electron chi connectivity index (χ0n) is 19.6. The highest BCUT2D eigenvalue weighted by molar-refractivity contribution is 6.02. The van der Waals surface area contributed by atoms with Gasteiger partial charge in [-0.25, -0.2) is 22.5 Å². The van der Waals surface area contributed by atoms with Crippen LogP contribution in [0.1, 0.15) is 10.4 Å². The summed E-state index contributed by atoms with van der Waals surface area (Å²) in [6, 6.07) is 7.87. The first-order valence-electron chi connectivity index (χ1n) is 10.8. The maximum absolute atomic E-state index is 15.3. The first-order valence-corrected chi connectivity index (χ1v) is 10.8. The van der Waals surface area contributed by atoms with Crippen LogP contribution in [0.15, 0.2) is 55.1 Å². The Hall–Kier alpha value is -5.01. The van der Waals surface area contributed by atoms with E-state index >= 15 is 4.39 Å². The van der Waals surface area contributed by atoms with Crippen LogP contribution in [0.5, 0.6) is 5.75 Å². The van der Waals surface area contributed by atoms with Gasteiger partial charge in [0.05, 0.1) is 19.2 Å². The maximum Gasteiger partial charge on any atom is 0.283 e. The van der Waals surface area contributed by atoms with E-state index in [1.807, 2.05) is 0 Å². The van der Waals surface area contributed by atoms with Gasteiger partial charge in [0.2, 0.25) is 0 Å². The second-order valence-corrected chi connectivity index (χ2v) is 7.78. The van der Waals surface area contributed by atoms with E-state index in [9.17, 15) is 22.8 Å². The third kappa shape index (κ3) is 5.09. The van der Waals surface area contributed by atoms with E-state index in [4.69, 9.17) is 10.5 Å². The molecule has 0 saturated carbocycles. The molecule has 2 aromatic carbocycles. The molecule has 196 valence electrons. The van der Waals surface area contributed by atoms with Crippen molar-refractivity contribution in [3.63, 3.8) is 0 Å². The zero-order valence-corrected chi connectivity index (χ0v) is 19.6. The first-order chi connectivity index (χ1) is 18.1. The molecular formula is C24H19F4N7O3. The number of halogens is 4. The number of carbonyl (C=O) groups excluding carboxylic acids is 2. The molecule has 4 N–H and O–H groups in total. The Balaban J connectivity index is 1.85. The van der Waals surface area contributed by atoms with Crippen molar-refractivity contribution in [2.45, 2.75) is 6.43 Å². The van der Waals surface area contributed by atoms with E-state index in [1.54, 1.807) is 0 Å². The SMILES string of the molecule is C=C(F)C(=O)Nc1ccc(-c2nn3ncnc(N)c3c2-c2ccc(C(=O)NCC(F)F)c(OC)c2)c(F)c1. The molecule has 0 bridgehead atoms. The van der Waals surface area contributed by atoms with Gasteiger partial charge in [-0.15, -0.1) is 14.8 Å². The van der Waals surface area contributed by atoms with Crippen molar-refractivity contribution in [1.29, 1.82) is 0 Å². The van der Waals surface area contributed by atoms with Gasteiger partial charge in [0.15, 0.2) is 11.6 Å². The van der Waals surface area contributed by atoms with E-state index in [1.165, 1.54) is 37.4 Å². The molecule has 0 saturated heterocycles. The van der Waals surface area contributed by atoms with Crippen molar-refractivity contribution in [3.05, 3.63) is 66.5 Å². The molecule has 2 aromatic heterocycles. The number of carbonyl (C=O) groups is 2. The molecule has 4 rings (SSSR count). The smallest absolute Gasteiger partial charge is 0.283 e. The number of ether oxygens (including phenoxy) is 1. The molecule has 0 aliphatic heterocycles. The van der Waals surface area contributed by atoms with Gasteiger partial charge >= 0.3 is 0 Å². The van der Waals surface area contributed by atoms with Crippen molar-refractivity contribution >= 4 is 28.8 Å². The standard InChI is InChI=1S/C24H19F4N7O3/c1-11(25)23(36)33-13-4-6-14(16(26)8-13)20-19(21-22(29)31-10-32-35(21)34-20)12-3-5-15(17(7-12)38-2)24(37)30-9-18(27)28/h3-8,10,18H,1,9H2,2H3,(H,30,37)(H,33,36)(H2,29,31,32). The minimum atomic E-state index is -2.74. The van der Waals surface area contributed by atoms with Crippen molar-refractivity contribution < 1.29 is 31.9 Å². The summed E-state index contributed by atoms with van der Waals surface area (Å²) in [7, 11) is 1.29. The molecule has 0 aliphatic rings. The van der Waals surface area contributed by atoms with Crippen LogP contribution in [0.25, 0.3) is 27.9 Å². The van der Waals surface area contributed by atoms with Crippen LogP contribution in [-0.4, -0.2) is 51.7 Å². The lowest BCUT2D eigenvalue weighted by atomic mass is 9.97. The molecule has 0 spiro atoms. The number of alkyl halides is 2. The van der Waals surface area contributed by atoms with E-state index in [0.717, 1.165) is 17.0 Å². The van der Waals surface area contributed by atoms with Crippen molar-refractivity contribution in [1.82, 2.24) is 25.1 Å². The summed E-state index contributed by atoms with van der Waals surface area (Å²) in [6.45, 7) is 2.04. The van der Waals surface area contributed by atoms with Crippen LogP contribution in [0.2, 0.25) is 0 Å². The van der Waals surface area contributed by atoms with E-state index in [2.05, 4.69) is 32.4 Å². The molecule has 10 nitrogen and oxygen atoms in total. The molecular weight excluding hydrogens is 510 g/mol. The summed E-state index contributed by atoms with van der Waals surface area (Å²) >= 11 is 0. The average Bonchev–Trinajstić information content (AvgIpc) is 3.27. The Morgan fingerprint density at radius 1 is 1.21 bits per heavy atom. The second kappa shape index (κ2) is 10.5. The van der Waals surface area contributed by atoms with Gasteiger partial charge in [-0.3, -0.25) is 9.59 Å².